The van der Waals surface area contributed by atoms with E-state index in [2.05, 4.69) is 6.92 Å². The Balaban J connectivity index is 2.80. The van der Waals surface area contributed by atoms with E-state index >= 15 is 0 Å². The first kappa shape index (κ1) is 13.8. The minimum atomic E-state index is 0.110. The van der Waals surface area contributed by atoms with Gasteiger partial charge in [0.25, 0.3) is 0 Å². The predicted molar refractivity (Wildman–Crippen MR) is 69.1 cm³/mol. The minimum absolute atomic E-state index is 0.110. The molecule has 2 unspecified atom stereocenters. The van der Waals surface area contributed by atoms with Gasteiger partial charge in [-0.2, -0.15) is 0 Å². The van der Waals surface area contributed by atoms with E-state index in [1.54, 1.807) is 6.07 Å². The van der Waals surface area contributed by atoms with Crippen LogP contribution in [-0.4, -0.2) is 18.3 Å². The predicted octanol–water partition coefficient (Wildman–Crippen LogP) is 3.05. The van der Waals surface area contributed by atoms with Gasteiger partial charge in [0.05, 0.1) is 10.0 Å². The van der Waals surface area contributed by atoms with Crippen LogP contribution in [0, 0.1) is 5.92 Å². The second-order valence-corrected chi connectivity index (χ2v) is 4.85. The van der Waals surface area contributed by atoms with Gasteiger partial charge < -0.3 is 10.8 Å². The number of nitrogens with two attached hydrogens (primary N) is 1. The maximum Gasteiger partial charge on any atom is 0.0626 e. The maximum absolute atomic E-state index is 9.11. The fourth-order valence-electron chi connectivity index (χ4n) is 1.77. The first-order valence-electron chi connectivity index (χ1n) is 5.35. The molecule has 2 nitrogen and oxygen atoms in total. The molecule has 1 rings (SSSR count). The Hall–Kier alpha value is -0.280. The Morgan fingerprint density at radius 2 is 2.06 bits per heavy atom. The monoisotopic (exact) mass is 261 g/mol. The lowest BCUT2D eigenvalue weighted by atomic mass is 9.90. The van der Waals surface area contributed by atoms with Crippen molar-refractivity contribution in [1.29, 1.82) is 0 Å². The molecular weight excluding hydrogens is 245 g/mol. The maximum atomic E-state index is 9.11. The topological polar surface area (TPSA) is 46.2 Å². The highest BCUT2D eigenvalue weighted by molar-refractivity contribution is 6.42. The molecule has 0 bridgehead atoms. The van der Waals surface area contributed by atoms with Gasteiger partial charge in [0.2, 0.25) is 0 Å². The molecule has 90 valence electrons. The molecule has 0 aliphatic heterocycles. The summed E-state index contributed by atoms with van der Waals surface area (Å²) < 4.78 is 0. The number of aliphatic hydroxyl groups excluding tert-OH is 1. The van der Waals surface area contributed by atoms with E-state index in [0.717, 1.165) is 12.0 Å². The van der Waals surface area contributed by atoms with E-state index in [1.165, 1.54) is 0 Å². The van der Waals surface area contributed by atoms with Crippen LogP contribution < -0.4 is 5.73 Å². The highest BCUT2D eigenvalue weighted by Gasteiger charge is 2.16. The average Bonchev–Trinajstić information content (AvgIpc) is 2.29. The summed E-state index contributed by atoms with van der Waals surface area (Å²) in [5.74, 6) is 0.358. The fraction of sp³-hybridized carbons (Fsp3) is 0.500. The van der Waals surface area contributed by atoms with E-state index in [4.69, 9.17) is 34.0 Å². The number of benzene rings is 1. The summed E-state index contributed by atoms with van der Waals surface area (Å²) in [5, 5.41) is 10.3. The SMILES string of the molecule is CC(CC(CN)CO)c1cccc(Cl)c1Cl. The van der Waals surface area contributed by atoms with Gasteiger partial charge in [-0.3, -0.25) is 0 Å². The molecule has 0 amide bonds. The van der Waals surface area contributed by atoms with Crippen LogP contribution in [0.2, 0.25) is 10.0 Å². The van der Waals surface area contributed by atoms with E-state index < -0.39 is 0 Å². The van der Waals surface area contributed by atoms with E-state index in [1.807, 2.05) is 12.1 Å². The third kappa shape index (κ3) is 3.36. The van der Waals surface area contributed by atoms with E-state index in [-0.39, 0.29) is 18.4 Å². The molecule has 0 aliphatic carbocycles. The summed E-state index contributed by atoms with van der Waals surface area (Å²) in [6.07, 6.45) is 0.813. The van der Waals surface area contributed by atoms with E-state index in [9.17, 15) is 0 Å². The van der Waals surface area contributed by atoms with Gasteiger partial charge in [0, 0.05) is 6.61 Å². The summed E-state index contributed by atoms with van der Waals surface area (Å²) in [7, 11) is 0. The van der Waals surface area contributed by atoms with Crippen molar-refractivity contribution in [2.24, 2.45) is 11.7 Å². The first-order valence-corrected chi connectivity index (χ1v) is 6.10. The number of hydrogen-bond acceptors (Lipinski definition) is 2. The van der Waals surface area contributed by atoms with Gasteiger partial charge >= 0.3 is 0 Å². The van der Waals surface area contributed by atoms with Gasteiger partial charge in [-0.25, -0.2) is 0 Å². The molecule has 0 aromatic heterocycles. The summed E-state index contributed by atoms with van der Waals surface area (Å²) >= 11 is 12.1. The molecule has 0 spiro atoms. The van der Waals surface area contributed by atoms with Crippen molar-refractivity contribution in [3.63, 3.8) is 0 Å². The van der Waals surface area contributed by atoms with Crippen LogP contribution in [0.15, 0.2) is 18.2 Å². The van der Waals surface area contributed by atoms with Crippen LogP contribution in [0.3, 0.4) is 0 Å². The van der Waals surface area contributed by atoms with Crippen molar-refractivity contribution < 1.29 is 5.11 Å². The van der Waals surface area contributed by atoms with Crippen molar-refractivity contribution >= 4 is 23.2 Å². The zero-order chi connectivity index (χ0) is 12.1. The molecule has 0 saturated carbocycles. The van der Waals surface area contributed by atoms with Gasteiger partial charge in [-0.1, -0.05) is 42.3 Å². The summed E-state index contributed by atoms with van der Waals surface area (Å²) in [6, 6.07) is 5.62. The molecule has 1 aromatic carbocycles. The normalized spacial score (nSPS) is 14.8. The molecule has 0 fully saturated rings. The van der Waals surface area contributed by atoms with Crippen molar-refractivity contribution in [3.8, 4) is 0 Å². The third-order valence-electron chi connectivity index (χ3n) is 2.79. The molecule has 2 atom stereocenters. The van der Waals surface area contributed by atoms with Crippen molar-refractivity contribution in [2.45, 2.75) is 19.3 Å². The zero-order valence-corrected chi connectivity index (χ0v) is 10.8. The minimum Gasteiger partial charge on any atom is -0.396 e. The summed E-state index contributed by atoms with van der Waals surface area (Å²) in [6.45, 7) is 2.66. The van der Waals surface area contributed by atoms with Crippen molar-refractivity contribution in [2.75, 3.05) is 13.2 Å². The Morgan fingerprint density at radius 3 is 2.62 bits per heavy atom. The van der Waals surface area contributed by atoms with Gasteiger partial charge in [0.15, 0.2) is 0 Å². The van der Waals surface area contributed by atoms with Crippen LogP contribution in [-0.2, 0) is 0 Å². The number of hydrogen-bond donors (Lipinski definition) is 2. The highest BCUT2D eigenvalue weighted by Crippen LogP contribution is 2.33. The smallest absolute Gasteiger partial charge is 0.0626 e. The van der Waals surface area contributed by atoms with Crippen molar-refractivity contribution in [1.82, 2.24) is 0 Å². The van der Waals surface area contributed by atoms with Gasteiger partial charge in [-0.15, -0.1) is 0 Å². The Bertz CT molecular complexity index is 340. The fourth-order valence-corrected chi connectivity index (χ4v) is 2.27. The number of halogens is 2. The lowest BCUT2D eigenvalue weighted by molar-refractivity contribution is 0.217. The molecule has 3 N–H and O–H groups in total. The zero-order valence-electron chi connectivity index (χ0n) is 9.29. The summed E-state index contributed by atoms with van der Waals surface area (Å²) in [5.41, 5.74) is 6.57. The molecule has 4 heteroatoms. The molecule has 1 aromatic rings. The average molecular weight is 262 g/mol. The second kappa shape index (κ2) is 6.45. The molecule has 16 heavy (non-hydrogen) atoms. The Labute approximate surface area is 106 Å². The third-order valence-corrected chi connectivity index (χ3v) is 3.62. The summed E-state index contributed by atoms with van der Waals surface area (Å²) in [4.78, 5) is 0. The van der Waals surface area contributed by atoms with Gasteiger partial charge in [0.1, 0.15) is 0 Å². The quantitative estimate of drug-likeness (QED) is 0.856. The molecule has 0 saturated heterocycles. The molecule has 0 aliphatic rings. The second-order valence-electron chi connectivity index (χ2n) is 4.06. The van der Waals surface area contributed by atoms with Crippen LogP contribution in [0.5, 0.6) is 0 Å². The lowest BCUT2D eigenvalue weighted by Crippen LogP contribution is -2.20. The lowest BCUT2D eigenvalue weighted by Gasteiger charge is -2.19. The standard InChI is InChI=1S/C12H17Cl2NO/c1-8(5-9(6-15)7-16)10-3-2-4-11(13)12(10)14/h2-4,8-9,16H,5-7,15H2,1H3. The van der Waals surface area contributed by atoms with Gasteiger partial charge in [-0.05, 0) is 36.4 Å². The molecular formula is C12H17Cl2NO. The Morgan fingerprint density at radius 1 is 1.38 bits per heavy atom. The van der Waals surface area contributed by atoms with E-state index in [0.29, 0.717) is 16.6 Å². The van der Waals surface area contributed by atoms with Crippen LogP contribution in [0.1, 0.15) is 24.8 Å². The largest absolute Gasteiger partial charge is 0.396 e. The van der Waals surface area contributed by atoms with Crippen LogP contribution >= 0.6 is 23.2 Å². The number of aliphatic hydroxyl groups is 1. The first-order chi connectivity index (χ1) is 7.60. The Kier molecular flexibility index (Phi) is 5.56. The molecule has 0 heterocycles. The van der Waals surface area contributed by atoms with Crippen LogP contribution in [0.25, 0.3) is 0 Å². The number of rotatable bonds is 5. The van der Waals surface area contributed by atoms with Crippen LogP contribution in [0.4, 0.5) is 0 Å². The van der Waals surface area contributed by atoms with Crippen molar-refractivity contribution in [3.05, 3.63) is 33.8 Å². The molecule has 0 radical (unpaired) electrons. The highest BCUT2D eigenvalue weighted by atomic mass is 35.5.